The summed E-state index contributed by atoms with van der Waals surface area (Å²) in [5.74, 6) is 0.429. The van der Waals surface area contributed by atoms with Crippen molar-refractivity contribution < 1.29 is 4.74 Å². The maximum Gasteiger partial charge on any atom is 0.188 e. The third-order valence-electron chi connectivity index (χ3n) is 3.01. The van der Waals surface area contributed by atoms with Crippen molar-refractivity contribution in [1.82, 2.24) is 15.1 Å². The van der Waals surface area contributed by atoms with Crippen LogP contribution in [0.2, 0.25) is 0 Å². The number of benzene rings is 1. The second-order valence-corrected chi connectivity index (χ2v) is 4.72. The van der Waals surface area contributed by atoms with E-state index < -0.39 is 0 Å². The number of hydrogen-bond donors (Lipinski definition) is 2. The zero-order chi connectivity index (χ0) is 15.1. The first kappa shape index (κ1) is 15.1. The quantitative estimate of drug-likeness (QED) is 0.474. The van der Waals surface area contributed by atoms with Crippen LogP contribution in [0.3, 0.4) is 0 Å². The highest BCUT2D eigenvalue weighted by molar-refractivity contribution is 5.77. The number of methoxy groups -OCH3 is 1. The van der Waals surface area contributed by atoms with Gasteiger partial charge in [0.25, 0.3) is 0 Å². The Morgan fingerprint density at radius 2 is 2.29 bits per heavy atom. The van der Waals surface area contributed by atoms with Crippen LogP contribution < -0.4 is 11.1 Å². The smallest absolute Gasteiger partial charge is 0.188 e. The van der Waals surface area contributed by atoms with E-state index in [4.69, 9.17) is 10.5 Å². The summed E-state index contributed by atoms with van der Waals surface area (Å²) in [7, 11) is 3.56. The predicted octanol–water partition coefficient (Wildman–Crippen LogP) is 1.14. The number of nitrogens with zero attached hydrogens (tertiary/aromatic N) is 3. The largest absolute Gasteiger partial charge is 0.383 e. The molecule has 0 radical (unpaired) electrons. The van der Waals surface area contributed by atoms with Gasteiger partial charge in [-0.2, -0.15) is 5.10 Å². The minimum atomic E-state index is 0.429. The number of hydrogen-bond acceptors (Lipinski definition) is 3. The Bertz CT molecular complexity index is 606. The van der Waals surface area contributed by atoms with Crippen LogP contribution in [-0.2, 0) is 18.3 Å². The topological polar surface area (TPSA) is 77.5 Å². The third kappa shape index (κ3) is 4.61. The Balaban J connectivity index is 1.99. The van der Waals surface area contributed by atoms with Gasteiger partial charge >= 0.3 is 0 Å². The van der Waals surface area contributed by atoms with E-state index in [1.165, 1.54) is 0 Å². The molecular formula is C15H21N5O. The number of ether oxygens (including phenoxy) is 1. The standard InChI is InChI=1S/C15H21N5O/c1-20-11-14(10-19-20)13-5-3-4-12(8-13)9-18-15(16)17-6-7-21-2/h3-5,8,10-11H,6-7,9H2,1-2H3,(H3,16,17,18). The van der Waals surface area contributed by atoms with Gasteiger partial charge in [0, 0.05) is 32.5 Å². The molecule has 0 aliphatic rings. The first-order valence-electron chi connectivity index (χ1n) is 6.79. The van der Waals surface area contributed by atoms with Gasteiger partial charge in [-0.15, -0.1) is 0 Å². The summed E-state index contributed by atoms with van der Waals surface area (Å²) in [4.78, 5) is 4.31. The summed E-state index contributed by atoms with van der Waals surface area (Å²) in [5, 5.41) is 7.18. The molecule has 21 heavy (non-hydrogen) atoms. The molecular weight excluding hydrogens is 266 g/mol. The van der Waals surface area contributed by atoms with Gasteiger partial charge in [-0.3, -0.25) is 4.68 Å². The van der Waals surface area contributed by atoms with Crippen LogP contribution in [0.5, 0.6) is 0 Å². The molecule has 0 unspecified atom stereocenters. The molecule has 6 nitrogen and oxygen atoms in total. The van der Waals surface area contributed by atoms with Crippen molar-refractivity contribution in [3.05, 3.63) is 42.2 Å². The minimum Gasteiger partial charge on any atom is -0.383 e. The third-order valence-corrected chi connectivity index (χ3v) is 3.01. The fourth-order valence-electron chi connectivity index (χ4n) is 1.93. The van der Waals surface area contributed by atoms with E-state index in [9.17, 15) is 0 Å². The molecule has 1 aromatic heterocycles. The monoisotopic (exact) mass is 287 g/mol. The molecule has 2 rings (SSSR count). The lowest BCUT2D eigenvalue weighted by Gasteiger charge is -2.05. The highest BCUT2D eigenvalue weighted by Gasteiger charge is 2.01. The van der Waals surface area contributed by atoms with Gasteiger partial charge in [0.1, 0.15) is 0 Å². The normalized spacial score (nSPS) is 11.6. The second kappa shape index (κ2) is 7.44. The molecule has 112 valence electrons. The molecule has 6 heteroatoms. The average molecular weight is 287 g/mol. The summed E-state index contributed by atoms with van der Waals surface area (Å²) < 4.78 is 6.73. The summed E-state index contributed by atoms with van der Waals surface area (Å²) in [6, 6.07) is 8.21. The summed E-state index contributed by atoms with van der Waals surface area (Å²) >= 11 is 0. The van der Waals surface area contributed by atoms with E-state index in [1.54, 1.807) is 11.8 Å². The molecule has 0 atom stereocenters. The van der Waals surface area contributed by atoms with Crippen LogP contribution in [-0.4, -0.2) is 36.0 Å². The number of nitrogens with two attached hydrogens (primary N) is 1. The lowest BCUT2D eigenvalue weighted by Crippen LogP contribution is -2.34. The van der Waals surface area contributed by atoms with Crippen LogP contribution in [0, 0.1) is 0 Å². The van der Waals surface area contributed by atoms with Crippen LogP contribution in [0.1, 0.15) is 5.56 Å². The molecule has 0 amide bonds. The molecule has 0 fully saturated rings. The van der Waals surface area contributed by atoms with Crippen molar-refractivity contribution in [2.45, 2.75) is 6.54 Å². The van der Waals surface area contributed by atoms with E-state index in [1.807, 2.05) is 31.6 Å². The second-order valence-electron chi connectivity index (χ2n) is 4.72. The van der Waals surface area contributed by atoms with Crippen molar-refractivity contribution in [3.8, 4) is 11.1 Å². The fourth-order valence-corrected chi connectivity index (χ4v) is 1.93. The van der Waals surface area contributed by atoms with Gasteiger partial charge < -0.3 is 15.8 Å². The van der Waals surface area contributed by atoms with Crippen LogP contribution in [0.4, 0.5) is 0 Å². The van der Waals surface area contributed by atoms with E-state index >= 15 is 0 Å². The summed E-state index contributed by atoms with van der Waals surface area (Å²) in [5.41, 5.74) is 9.11. The fraction of sp³-hybridized carbons (Fsp3) is 0.333. The van der Waals surface area contributed by atoms with Gasteiger partial charge in [-0.05, 0) is 17.2 Å². The molecule has 3 N–H and O–H groups in total. The molecule has 0 spiro atoms. The van der Waals surface area contributed by atoms with Crippen molar-refractivity contribution in [2.75, 3.05) is 20.3 Å². The molecule has 2 aromatic rings. The number of aryl methyl sites for hydroxylation is 1. The van der Waals surface area contributed by atoms with Gasteiger partial charge in [-0.1, -0.05) is 18.2 Å². The first-order chi connectivity index (χ1) is 10.2. The number of rotatable bonds is 6. The van der Waals surface area contributed by atoms with Crippen molar-refractivity contribution >= 4 is 5.96 Å². The first-order valence-corrected chi connectivity index (χ1v) is 6.79. The Kier molecular flexibility index (Phi) is 5.34. The Morgan fingerprint density at radius 1 is 1.43 bits per heavy atom. The Labute approximate surface area is 124 Å². The van der Waals surface area contributed by atoms with Gasteiger partial charge in [0.15, 0.2) is 5.96 Å². The molecule has 0 aliphatic heterocycles. The lowest BCUT2D eigenvalue weighted by molar-refractivity contribution is 0.204. The average Bonchev–Trinajstić information content (AvgIpc) is 2.92. The SMILES string of the molecule is COCCNC(N)=NCc1cccc(-c2cnn(C)c2)c1. The predicted molar refractivity (Wildman–Crippen MR) is 83.8 cm³/mol. The number of aromatic nitrogens is 2. The maximum absolute atomic E-state index is 5.78. The molecule has 1 aromatic carbocycles. The van der Waals surface area contributed by atoms with Crippen molar-refractivity contribution in [1.29, 1.82) is 0 Å². The number of nitrogens with one attached hydrogen (secondary N) is 1. The highest BCUT2D eigenvalue weighted by atomic mass is 16.5. The van der Waals surface area contributed by atoms with Gasteiger partial charge in [0.2, 0.25) is 0 Å². The summed E-state index contributed by atoms with van der Waals surface area (Å²) in [6.07, 6.45) is 3.84. The summed E-state index contributed by atoms with van der Waals surface area (Å²) in [6.45, 7) is 1.80. The molecule has 1 heterocycles. The van der Waals surface area contributed by atoms with Gasteiger partial charge in [0.05, 0.1) is 19.3 Å². The maximum atomic E-state index is 5.78. The minimum absolute atomic E-state index is 0.429. The zero-order valence-electron chi connectivity index (χ0n) is 12.4. The van der Waals surface area contributed by atoms with E-state index in [0.29, 0.717) is 25.7 Å². The van der Waals surface area contributed by atoms with Crippen LogP contribution >= 0.6 is 0 Å². The molecule has 0 saturated carbocycles. The van der Waals surface area contributed by atoms with Crippen molar-refractivity contribution in [2.24, 2.45) is 17.8 Å². The zero-order valence-corrected chi connectivity index (χ0v) is 12.4. The highest BCUT2D eigenvalue weighted by Crippen LogP contribution is 2.19. The van der Waals surface area contributed by atoms with Crippen molar-refractivity contribution in [3.63, 3.8) is 0 Å². The van der Waals surface area contributed by atoms with Gasteiger partial charge in [-0.25, -0.2) is 4.99 Å². The van der Waals surface area contributed by atoms with E-state index in [-0.39, 0.29) is 0 Å². The van der Waals surface area contributed by atoms with E-state index in [0.717, 1.165) is 16.7 Å². The molecule has 0 saturated heterocycles. The lowest BCUT2D eigenvalue weighted by atomic mass is 10.1. The van der Waals surface area contributed by atoms with Crippen LogP contribution in [0.15, 0.2) is 41.7 Å². The Morgan fingerprint density at radius 3 is 3.00 bits per heavy atom. The molecule has 0 bridgehead atoms. The van der Waals surface area contributed by atoms with E-state index in [2.05, 4.69) is 27.5 Å². The number of guanidine groups is 1. The Hall–Kier alpha value is -2.34. The molecule has 0 aliphatic carbocycles. The van der Waals surface area contributed by atoms with Crippen LogP contribution in [0.25, 0.3) is 11.1 Å². The number of aliphatic imine (C=N–C) groups is 1.